The molecule has 0 aliphatic carbocycles. The minimum atomic E-state index is -0.107. The average Bonchev–Trinajstić information content (AvgIpc) is 2.69. The zero-order valence-corrected chi connectivity index (χ0v) is 17.9. The fourth-order valence-corrected chi connectivity index (χ4v) is 2.16. The number of carbonyl (C=O) groups is 1. The van der Waals surface area contributed by atoms with Gasteiger partial charge in [-0.25, -0.2) is 4.99 Å². The highest BCUT2D eigenvalue weighted by molar-refractivity contribution is 14.0. The second kappa shape index (κ2) is 12.9. The van der Waals surface area contributed by atoms with Crippen molar-refractivity contribution < 1.29 is 9.53 Å². The zero-order chi connectivity index (χ0) is 18.6. The molecule has 0 aliphatic heterocycles. The number of hydrogen-bond donors (Lipinski definition) is 3. The number of nitrogens with zero attached hydrogens (tertiary/aromatic N) is 2. The highest BCUT2D eigenvalue weighted by Crippen LogP contribution is 2.10. The quantitative estimate of drug-likeness (QED) is 0.304. The van der Waals surface area contributed by atoms with Crippen LogP contribution in [0.3, 0.4) is 0 Å². The third-order valence-corrected chi connectivity index (χ3v) is 3.53. The summed E-state index contributed by atoms with van der Waals surface area (Å²) in [5.41, 5.74) is 1.88. The number of ether oxygens (including phenoxy) is 1. The molecule has 2 rings (SSSR count). The molecule has 0 saturated carbocycles. The fraction of sp³-hybridized carbons (Fsp3) is 0.316. The van der Waals surface area contributed by atoms with Crippen LogP contribution in [-0.2, 0) is 17.9 Å². The molecule has 3 N–H and O–H groups in total. The molecule has 1 aromatic heterocycles. The molecule has 146 valence electrons. The van der Waals surface area contributed by atoms with Crippen molar-refractivity contribution in [2.75, 3.05) is 20.2 Å². The van der Waals surface area contributed by atoms with Gasteiger partial charge in [-0.15, -0.1) is 24.0 Å². The Morgan fingerprint density at radius 2 is 1.89 bits per heavy atom. The largest absolute Gasteiger partial charge is 0.497 e. The van der Waals surface area contributed by atoms with Gasteiger partial charge < -0.3 is 20.7 Å². The first-order valence-electron chi connectivity index (χ1n) is 8.53. The van der Waals surface area contributed by atoms with Crippen molar-refractivity contribution in [1.29, 1.82) is 0 Å². The van der Waals surface area contributed by atoms with E-state index in [1.165, 1.54) is 0 Å². The van der Waals surface area contributed by atoms with Crippen LogP contribution >= 0.6 is 24.0 Å². The Hall–Kier alpha value is -2.36. The Kier molecular flexibility index (Phi) is 10.8. The van der Waals surface area contributed by atoms with E-state index in [0.717, 1.165) is 17.0 Å². The van der Waals surface area contributed by atoms with Crippen LogP contribution in [0.1, 0.15) is 18.2 Å². The maximum atomic E-state index is 12.0. The van der Waals surface area contributed by atoms with Gasteiger partial charge in [0.25, 0.3) is 0 Å². The molecule has 0 atom stereocenters. The predicted octanol–water partition coefficient (Wildman–Crippen LogP) is 2.08. The van der Waals surface area contributed by atoms with E-state index in [4.69, 9.17) is 4.74 Å². The molecular formula is C19H26IN5O2. The van der Waals surface area contributed by atoms with Crippen molar-refractivity contribution in [3.8, 4) is 5.75 Å². The van der Waals surface area contributed by atoms with E-state index >= 15 is 0 Å². The van der Waals surface area contributed by atoms with E-state index in [-0.39, 0.29) is 36.4 Å². The van der Waals surface area contributed by atoms with Crippen molar-refractivity contribution in [1.82, 2.24) is 20.9 Å². The molecule has 0 bridgehead atoms. The Bertz CT molecular complexity index is 708. The van der Waals surface area contributed by atoms with Gasteiger partial charge >= 0.3 is 0 Å². The first-order chi connectivity index (χ1) is 12.7. The predicted molar refractivity (Wildman–Crippen MR) is 117 cm³/mol. The second-order valence-electron chi connectivity index (χ2n) is 5.49. The van der Waals surface area contributed by atoms with E-state index in [1.54, 1.807) is 13.3 Å². The number of halogens is 1. The highest BCUT2D eigenvalue weighted by Gasteiger charge is 2.04. The monoisotopic (exact) mass is 483 g/mol. The maximum Gasteiger partial charge on any atom is 0.239 e. The summed E-state index contributed by atoms with van der Waals surface area (Å²) < 4.78 is 5.12. The van der Waals surface area contributed by atoms with Crippen molar-refractivity contribution in [3.05, 3.63) is 59.9 Å². The standard InChI is InChI=1S/C19H25N5O2.HI/c1-3-20-19(23-13-16-6-4-5-11-21-16)24-14-18(25)22-12-15-7-9-17(26-2)10-8-15;/h4-11H,3,12-14H2,1-2H3,(H,22,25)(H2,20,23,24);1H. The number of pyridine rings is 1. The molecule has 1 heterocycles. The van der Waals surface area contributed by atoms with Crippen LogP contribution in [0, 0.1) is 0 Å². The number of amides is 1. The minimum Gasteiger partial charge on any atom is -0.497 e. The fourth-order valence-electron chi connectivity index (χ4n) is 2.16. The van der Waals surface area contributed by atoms with Gasteiger partial charge in [0, 0.05) is 19.3 Å². The summed E-state index contributed by atoms with van der Waals surface area (Å²) in [5, 5.41) is 9.01. The molecule has 8 heteroatoms. The first kappa shape index (κ1) is 22.7. The third kappa shape index (κ3) is 8.72. The molecule has 0 unspecified atom stereocenters. The molecule has 27 heavy (non-hydrogen) atoms. The van der Waals surface area contributed by atoms with Crippen LogP contribution in [-0.4, -0.2) is 37.1 Å². The Labute approximate surface area is 177 Å². The average molecular weight is 483 g/mol. The lowest BCUT2D eigenvalue weighted by molar-refractivity contribution is -0.120. The summed E-state index contributed by atoms with van der Waals surface area (Å²) in [6.07, 6.45) is 1.73. The van der Waals surface area contributed by atoms with Crippen LogP contribution in [0.25, 0.3) is 0 Å². The minimum absolute atomic E-state index is 0. The third-order valence-electron chi connectivity index (χ3n) is 3.53. The number of benzene rings is 1. The number of aliphatic imine (C=N–C) groups is 1. The topological polar surface area (TPSA) is 87.6 Å². The van der Waals surface area contributed by atoms with Gasteiger partial charge in [-0.3, -0.25) is 9.78 Å². The summed E-state index contributed by atoms with van der Waals surface area (Å²) >= 11 is 0. The SMILES string of the molecule is CCNC(=NCc1ccccn1)NCC(=O)NCc1ccc(OC)cc1.I. The number of rotatable bonds is 8. The van der Waals surface area contributed by atoms with Crippen LogP contribution in [0.2, 0.25) is 0 Å². The molecule has 0 fully saturated rings. The number of guanidine groups is 1. The Morgan fingerprint density at radius 3 is 2.52 bits per heavy atom. The van der Waals surface area contributed by atoms with Gasteiger partial charge in [0.2, 0.25) is 5.91 Å². The van der Waals surface area contributed by atoms with Crippen LogP contribution in [0.15, 0.2) is 53.7 Å². The highest BCUT2D eigenvalue weighted by atomic mass is 127. The van der Waals surface area contributed by atoms with Gasteiger partial charge in [-0.1, -0.05) is 18.2 Å². The summed E-state index contributed by atoms with van der Waals surface area (Å²) in [5.74, 6) is 1.27. The van der Waals surface area contributed by atoms with Gasteiger partial charge in [-0.2, -0.15) is 0 Å². The lowest BCUT2D eigenvalue weighted by atomic mass is 10.2. The van der Waals surface area contributed by atoms with E-state index in [2.05, 4.69) is 25.9 Å². The van der Waals surface area contributed by atoms with Crippen LogP contribution in [0.5, 0.6) is 5.75 Å². The summed E-state index contributed by atoms with van der Waals surface area (Å²) in [6.45, 7) is 3.74. The molecule has 0 aliphatic rings. The summed E-state index contributed by atoms with van der Waals surface area (Å²) in [7, 11) is 1.62. The molecule has 0 spiro atoms. The van der Waals surface area contributed by atoms with Crippen LogP contribution in [0.4, 0.5) is 0 Å². The van der Waals surface area contributed by atoms with Crippen molar-refractivity contribution in [2.24, 2.45) is 4.99 Å². The van der Waals surface area contributed by atoms with E-state index in [9.17, 15) is 4.79 Å². The number of aromatic nitrogens is 1. The van der Waals surface area contributed by atoms with Gasteiger partial charge in [-0.05, 0) is 36.8 Å². The van der Waals surface area contributed by atoms with Gasteiger partial charge in [0.05, 0.1) is 25.9 Å². The smallest absolute Gasteiger partial charge is 0.239 e. The van der Waals surface area contributed by atoms with Gasteiger partial charge in [0.15, 0.2) is 5.96 Å². The molecule has 7 nitrogen and oxygen atoms in total. The van der Waals surface area contributed by atoms with Crippen molar-refractivity contribution in [2.45, 2.75) is 20.0 Å². The maximum absolute atomic E-state index is 12.0. The van der Waals surface area contributed by atoms with Gasteiger partial charge in [0.1, 0.15) is 5.75 Å². The Morgan fingerprint density at radius 1 is 1.11 bits per heavy atom. The molecule has 2 aromatic rings. The number of methoxy groups -OCH3 is 1. The molecule has 1 amide bonds. The van der Waals surface area contributed by atoms with Crippen molar-refractivity contribution in [3.63, 3.8) is 0 Å². The molecule has 0 radical (unpaired) electrons. The van der Waals surface area contributed by atoms with E-state index in [1.807, 2.05) is 49.4 Å². The lowest BCUT2D eigenvalue weighted by Crippen LogP contribution is -2.43. The van der Waals surface area contributed by atoms with Crippen molar-refractivity contribution >= 4 is 35.8 Å². The number of carbonyl (C=O) groups excluding carboxylic acids is 1. The lowest BCUT2D eigenvalue weighted by Gasteiger charge is -2.11. The first-order valence-corrected chi connectivity index (χ1v) is 8.53. The number of hydrogen-bond acceptors (Lipinski definition) is 4. The summed E-state index contributed by atoms with van der Waals surface area (Å²) in [6, 6.07) is 13.3. The van der Waals surface area contributed by atoms with Crippen LogP contribution < -0.4 is 20.7 Å². The zero-order valence-electron chi connectivity index (χ0n) is 15.6. The number of nitrogens with one attached hydrogen (secondary N) is 3. The second-order valence-corrected chi connectivity index (χ2v) is 5.49. The molecular weight excluding hydrogens is 457 g/mol. The molecule has 0 saturated heterocycles. The normalized spacial score (nSPS) is 10.5. The van der Waals surface area contributed by atoms with E-state index < -0.39 is 0 Å². The van der Waals surface area contributed by atoms with E-state index in [0.29, 0.717) is 25.6 Å². The summed E-state index contributed by atoms with van der Waals surface area (Å²) in [4.78, 5) is 20.7. The molecule has 1 aromatic carbocycles. The Balaban J connectivity index is 0.00000364.